The molecule has 8 heteroatoms. The number of hydrogen-bond donors (Lipinski definition) is 0. The molecule has 0 amide bonds. The number of aromatic nitrogens is 2. The van der Waals surface area contributed by atoms with E-state index in [-0.39, 0.29) is 0 Å². The molecule has 4 heterocycles. The van der Waals surface area contributed by atoms with Gasteiger partial charge in [0, 0.05) is 68.1 Å². The van der Waals surface area contributed by atoms with Crippen molar-refractivity contribution < 1.29 is 0 Å². The quantitative estimate of drug-likeness (QED) is 0.177. The molecule has 0 bridgehead atoms. The van der Waals surface area contributed by atoms with Crippen LogP contribution in [0.1, 0.15) is 45.2 Å². The van der Waals surface area contributed by atoms with E-state index in [1.54, 1.807) is 11.3 Å². The molecule has 0 fully saturated rings. The van der Waals surface area contributed by atoms with Crippen LogP contribution in [0.3, 0.4) is 0 Å². The van der Waals surface area contributed by atoms with Crippen LogP contribution in [0.4, 0.5) is 0 Å². The Morgan fingerprint density at radius 1 is 0.459 bits per heavy atom. The molecule has 0 radical (unpaired) electrons. The minimum atomic E-state index is 0.311. The lowest BCUT2D eigenvalue weighted by molar-refractivity contribution is 0.749. The molecule has 12 rings (SSSR count). The van der Waals surface area contributed by atoms with Crippen LogP contribution in [0.5, 0.6) is 0 Å². The van der Waals surface area contributed by atoms with Crippen molar-refractivity contribution in [1.82, 2.24) is 9.13 Å². The van der Waals surface area contributed by atoms with Crippen molar-refractivity contribution in [2.45, 2.75) is 13.3 Å². The lowest BCUT2D eigenvalue weighted by atomic mass is 9.84. The fourth-order valence-electron chi connectivity index (χ4n) is 9.61. The van der Waals surface area contributed by atoms with Crippen molar-refractivity contribution in [2.75, 3.05) is 0 Å². The van der Waals surface area contributed by atoms with Crippen molar-refractivity contribution >= 4 is 108 Å². The maximum Gasteiger partial charge on any atom is 0.0992 e. The van der Waals surface area contributed by atoms with E-state index in [4.69, 9.17) is 0 Å². The number of fused-ring (bicyclic) bond motifs is 12. The molecule has 7 aromatic carbocycles. The lowest BCUT2D eigenvalue weighted by Crippen LogP contribution is -2.07. The van der Waals surface area contributed by atoms with E-state index in [9.17, 15) is 21.0 Å². The van der Waals surface area contributed by atoms with Gasteiger partial charge >= 0.3 is 0 Å². The summed E-state index contributed by atoms with van der Waals surface area (Å²) in [6.07, 6.45) is 3.34. The molecule has 1 aliphatic rings. The molecule has 0 saturated carbocycles. The first kappa shape index (κ1) is 35.0. The first-order valence-electron chi connectivity index (χ1n) is 19.9. The molecule has 61 heavy (non-hydrogen) atoms. The number of allylic oxidation sites excluding steroid dienone is 1. The van der Waals surface area contributed by atoms with Gasteiger partial charge in [0.25, 0.3) is 0 Å². The van der Waals surface area contributed by atoms with E-state index >= 15 is 0 Å². The van der Waals surface area contributed by atoms with Gasteiger partial charge in [-0.3, -0.25) is 0 Å². The number of rotatable bonds is 3. The molecule has 0 saturated heterocycles. The van der Waals surface area contributed by atoms with Gasteiger partial charge in [-0.1, -0.05) is 37.3 Å². The molecule has 0 N–H and O–H groups in total. The third kappa shape index (κ3) is 5.15. The fraction of sp³-hybridized carbons (Fsp3) is 0.0566. The Balaban J connectivity index is 1.01. The maximum atomic E-state index is 9.83. The molecule has 4 aromatic heterocycles. The van der Waals surface area contributed by atoms with Gasteiger partial charge in [-0.15, -0.1) is 22.7 Å². The Kier molecular flexibility index (Phi) is 7.47. The first-order chi connectivity index (χ1) is 29.9. The Morgan fingerprint density at radius 2 is 0.885 bits per heavy atom. The highest BCUT2D eigenvalue weighted by Crippen LogP contribution is 2.46. The Hall–Kier alpha value is -7.98. The Bertz CT molecular complexity index is 3850. The molecule has 11 aromatic rings. The summed E-state index contributed by atoms with van der Waals surface area (Å²) in [5, 5.41) is 47.0. The normalized spacial score (nSPS) is 13.8. The van der Waals surface area contributed by atoms with Crippen molar-refractivity contribution in [2.24, 2.45) is 5.92 Å². The summed E-state index contributed by atoms with van der Waals surface area (Å²) < 4.78 is 8.03. The maximum absolute atomic E-state index is 9.83. The summed E-state index contributed by atoms with van der Waals surface area (Å²) in [6, 6.07) is 52.6. The van der Waals surface area contributed by atoms with Crippen LogP contribution in [0.15, 0.2) is 127 Å². The summed E-state index contributed by atoms with van der Waals surface area (Å²) in [7, 11) is 0. The monoisotopic (exact) mass is 812 g/mol. The van der Waals surface area contributed by atoms with Gasteiger partial charge in [0.05, 0.1) is 68.6 Å². The highest BCUT2D eigenvalue weighted by molar-refractivity contribution is 7.25. The van der Waals surface area contributed by atoms with Crippen molar-refractivity contribution in [3.63, 3.8) is 0 Å². The van der Waals surface area contributed by atoms with Crippen molar-refractivity contribution in [1.29, 1.82) is 21.0 Å². The van der Waals surface area contributed by atoms with Crippen molar-refractivity contribution in [3.8, 4) is 35.7 Å². The molecule has 1 atom stereocenters. The van der Waals surface area contributed by atoms with E-state index in [0.717, 1.165) is 61.4 Å². The molecule has 282 valence electrons. The molecular formula is C53H28N6S2. The second-order valence-electron chi connectivity index (χ2n) is 15.9. The third-order valence-corrected chi connectivity index (χ3v) is 14.8. The standard InChI is InChI=1S/C53H28N6S2/c1-29-16-53-45(44-23-36(8-15-52(44)61-53)59-48-19-32(27-56)4-11-39(48)40-12-5-33(28-57)20-49(40)59)24-41(29)34-6-13-50-42(21-34)43-22-35(7-14-51(43)60-50)58-46-17-30(25-54)2-9-37(46)38-10-3-31(26-55)18-47(38)58/h2-15,17-24,29H,16H2,1H3. The van der Waals surface area contributed by atoms with E-state index in [2.05, 4.69) is 101 Å². The average Bonchev–Trinajstić information content (AvgIpc) is 4.03. The Morgan fingerprint density at radius 3 is 1.36 bits per heavy atom. The van der Waals surface area contributed by atoms with Crippen LogP contribution in [-0.2, 0) is 6.42 Å². The zero-order valence-corrected chi connectivity index (χ0v) is 34.1. The largest absolute Gasteiger partial charge is 0.309 e. The molecule has 1 aliphatic carbocycles. The Labute approximate surface area is 357 Å². The van der Waals surface area contributed by atoms with E-state index in [0.29, 0.717) is 28.2 Å². The number of nitrogens with zero attached hydrogens (tertiary/aromatic N) is 6. The van der Waals surface area contributed by atoms with Crippen LogP contribution in [0.25, 0.3) is 96.9 Å². The minimum absolute atomic E-state index is 0.311. The van der Waals surface area contributed by atoms with Gasteiger partial charge in [0.15, 0.2) is 0 Å². The van der Waals surface area contributed by atoms with Crippen LogP contribution in [0.2, 0.25) is 0 Å². The predicted octanol–water partition coefficient (Wildman–Crippen LogP) is 13.7. The van der Waals surface area contributed by atoms with Crippen LogP contribution in [0, 0.1) is 51.2 Å². The van der Waals surface area contributed by atoms with E-state index < -0.39 is 0 Å². The summed E-state index contributed by atoms with van der Waals surface area (Å²) in [4.78, 5) is 1.38. The molecule has 6 nitrogen and oxygen atoms in total. The van der Waals surface area contributed by atoms with Gasteiger partial charge in [0.2, 0.25) is 0 Å². The second-order valence-corrected chi connectivity index (χ2v) is 18.1. The smallest absolute Gasteiger partial charge is 0.0992 e. The number of hydrogen-bond acceptors (Lipinski definition) is 6. The molecule has 1 unspecified atom stereocenters. The summed E-state index contributed by atoms with van der Waals surface area (Å²) in [6.45, 7) is 2.32. The van der Waals surface area contributed by atoms with Crippen LogP contribution < -0.4 is 0 Å². The van der Waals surface area contributed by atoms with Gasteiger partial charge < -0.3 is 9.13 Å². The summed E-state index contributed by atoms with van der Waals surface area (Å²) in [5.74, 6) is 0.311. The van der Waals surface area contributed by atoms with E-state index in [1.807, 2.05) is 84.1 Å². The minimum Gasteiger partial charge on any atom is -0.309 e. The highest BCUT2D eigenvalue weighted by atomic mass is 32.1. The number of thiophene rings is 2. The van der Waals surface area contributed by atoms with Crippen LogP contribution >= 0.6 is 22.7 Å². The molecule has 0 spiro atoms. The van der Waals surface area contributed by atoms with E-state index in [1.165, 1.54) is 51.8 Å². The van der Waals surface area contributed by atoms with Gasteiger partial charge in [-0.2, -0.15) is 21.0 Å². The summed E-state index contributed by atoms with van der Waals surface area (Å²) in [5.41, 5.74) is 11.8. The lowest BCUT2D eigenvalue weighted by Gasteiger charge is -2.21. The number of benzene rings is 7. The third-order valence-electron chi connectivity index (χ3n) is 12.5. The first-order valence-corrected chi connectivity index (χ1v) is 21.6. The van der Waals surface area contributed by atoms with Crippen LogP contribution in [-0.4, -0.2) is 9.13 Å². The average molecular weight is 813 g/mol. The fourth-order valence-corrected chi connectivity index (χ4v) is 12.0. The zero-order chi connectivity index (χ0) is 41.1. The zero-order valence-electron chi connectivity index (χ0n) is 32.5. The van der Waals surface area contributed by atoms with Gasteiger partial charge in [-0.05, 0) is 132 Å². The second kappa shape index (κ2) is 13.0. The van der Waals surface area contributed by atoms with Crippen molar-refractivity contribution in [3.05, 3.63) is 166 Å². The van der Waals surface area contributed by atoms with Gasteiger partial charge in [0.1, 0.15) is 0 Å². The number of nitriles is 4. The topological polar surface area (TPSA) is 105 Å². The van der Waals surface area contributed by atoms with Gasteiger partial charge in [-0.25, -0.2) is 0 Å². The predicted molar refractivity (Wildman–Crippen MR) is 249 cm³/mol. The molecule has 0 aliphatic heterocycles. The molecular weight excluding hydrogens is 785 g/mol. The highest BCUT2D eigenvalue weighted by Gasteiger charge is 2.25. The SMILES string of the molecule is CC1Cc2sc3ccc(-n4c5cc(C#N)ccc5c5ccc(C#N)cc54)cc3c2C=C1c1ccc2sc3ccc(-n4c5cc(C#N)ccc5c5ccc(C#N)cc54)cc3c2c1. The summed E-state index contributed by atoms with van der Waals surface area (Å²) >= 11 is 3.65.